The maximum Gasteiger partial charge on any atom is 0.337 e. The Kier molecular flexibility index (Phi) is 18.4. The molecule has 36 heteroatoms. The van der Waals surface area contributed by atoms with Gasteiger partial charge < -0.3 is 55.3 Å². The highest BCUT2D eigenvalue weighted by Gasteiger charge is 2.64. The maximum atomic E-state index is 15.2. The largest absolute Gasteiger partial charge is 0.360 e. The number of hydrogen-bond acceptors (Lipinski definition) is 16. The van der Waals surface area contributed by atoms with E-state index in [2.05, 4.69) is 49.9 Å². The quantitative estimate of drug-likeness (QED) is 0.0382. The van der Waals surface area contributed by atoms with Gasteiger partial charge in [-0.15, -0.1) is 19.9 Å². The van der Waals surface area contributed by atoms with E-state index in [0.717, 1.165) is 51.5 Å². The van der Waals surface area contributed by atoms with Crippen molar-refractivity contribution in [2.75, 3.05) is 67.2 Å². The number of amides is 10. The molecule has 4 aromatic carbocycles. The second-order valence-electron chi connectivity index (χ2n) is 28.4. The van der Waals surface area contributed by atoms with Crippen LogP contribution in [0.3, 0.4) is 0 Å². The van der Waals surface area contributed by atoms with Crippen molar-refractivity contribution in [3.05, 3.63) is 235 Å². The molecule has 8 fully saturated rings. The molecule has 0 atom stereocenters. The first-order chi connectivity index (χ1) is 63.0. The zero-order valence-electron chi connectivity index (χ0n) is 78.0. The second kappa shape index (κ2) is 32.9. The van der Waals surface area contributed by atoms with Crippen LogP contribution in [-0.4, -0.2) is 139 Å². The van der Waals surface area contributed by atoms with E-state index in [0.29, 0.717) is 80.0 Å². The third-order valence-corrected chi connectivity index (χ3v) is 22.9. The smallest absolute Gasteiger partial charge is 0.337 e. The van der Waals surface area contributed by atoms with Crippen molar-refractivity contribution in [3.8, 4) is 0 Å². The molecule has 608 valence electrons. The Bertz CT molecular complexity index is 6740. The summed E-state index contributed by atoms with van der Waals surface area (Å²) in [5, 5.41) is 7.69. The standard InChI is InChI=1S/C21H18FN5O3.3C21H18FN5O2S/c4*1-12-9-14(11-25-17(12)23-2)26-19(29)21(7-4-8-21)27(20(26)30)13-5-6-15(16(22)10-13)18(28)24-3/h4*5-6,9-11H,4,7-8H2,1,3H3,(H,24,28)/i11D;3D3,5D,10D,11D;5D,10D,11D;3D3,11D. The molecule has 4 spiro atoms. The fraction of sp³-hybridized carbons (Fsp3) is 0.286. The third kappa shape index (κ3) is 13.9. The average Bonchev–Trinajstić information content (AvgIpc) is 1.55. The summed E-state index contributed by atoms with van der Waals surface area (Å²) in [4.78, 5) is 154. The van der Waals surface area contributed by atoms with E-state index in [4.69, 9.17) is 82.1 Å². The average molecular weight is 1690 g/mol. The molecule has 4 aliphatic heterocycles. The first-order valence-corrected chi connectivity index (χ1v) is 37.6. The molecule has 8 heterocycles. The van der Waals surface area contributed by atoms with E-state index < -0.39 is 142 Å². The molecule has 29 nitrogen and oxygen atoms in total. The second-order valence-corrected chi connectivity index (χ2v) is 29.5. The van der Waals surface area contributed by atoms with Crippen LogP contribution in [0, 0.1) is 77.3 Å². The summed E-state index contributed by atoms with van der Waals surface area (Å²) in [7, 11) is 2.69. The number of thiocarbonyl (C=S) groups is 3. The summed E-state index contributed by atoms with van der Waals surface area (Å²) in [5.74, 6) is -9.85. The van der Waals surface area contributed by atoms with Gasteiger partial charge in [-0.05, 0) is 261 Å². The molecule has 16 rings (SSSR count). The summed E-state index contributed by atoms with van der Waals surface area (Å²) in [6, 6.07) is 11.8. The van der Waals surface area contributed by atoms with Crippen LogP contribution < -0.4 is 60.5 Å². The lowest BCUT2D eigenvalue weighted by molar-refractivity contribution is -0.124. The first-order valence-electron chi connectivity index (χ1n) is 43.4. The van der Waals surface area contributed by atoms with Gasteiger partial charge in [0.05, 0.1) is 50.5 Å². The highest BCUT2D eigenvalue weighted by molar-refractivity contribution is 7.81. The number of urea groups is 1. The summed E-state index contributed by atoms with van der Waals surface area (Å²) >= 11 is 16.7. The molecule has 4 aliphatic carbocycles. The normalized spacial score (nSPS) is 19.0. The van der Waals surface area contributed by atoms with Gasteiger partial charge in [-0.25, -0.2) is 27.3 Å². The maximum absolute atomic E-state index is 15.2. The van der Waals surface area contributed by atoms with Gasteiger partial charge >= 0.3 is 6.03 Å². The Morgan fingerprint density at radius 1 is 0.392 bits per heavy atom. The lowest BCUT2D eigenvalue weighted by Gasteiger charge is -2.43. The number of hydrogen-bond donors (Lipinski definition) is 4. The van der Waals surface area contributed by atoms with E-state index >= 15 is 4.39 Å². The number of aryl methyl sites for hydroxylation is 4. The van der Waals surface area contributed by atoms with Gasteiger partial charge in [0.25, 0.3) is 70.5 Å². The number of carbonyl (C=O) groups excluding carboxylic acids is 9. The van der Waals surface area contributed by atoms with Crippen LogP contribution in [0.15, 0.2) is 122 Å². The number of anilines is 8. The Morgan fingerprint density at radius 3 is 0.933 bits per heavy atom. The SMILES string of the molecule is [2H]c1cc(C(=O)NC([2H])([2H])[2H])c(F)c([2H])c1N1C(=S)N(c2cc(C)c([N+]#[C-])nc2[2H])C(=O)C12CCC2.[2H]c1cc(C(=O)NC)c(F)c([2H])c1N1C(=S)N(c2cc(C)c([N+]#[C-])nc2[2H])C(=O)C12CCC2.[2H]c1nc([N+]#[C-])c(C)cc1N1C(=O)C2(CCC2)N(c2ccc(C(=O)NC([2H])([2H])[2H])c(F)c2)C1=S.[2H]c1nc([N+]#[C-])c(C)cc1N1C(=O)N(c2ccc(C(=O)NC)c(F)c2)C2(CCC2)C1=O. The zero-order chi connectivity index (χ0) is 98.5. The molecule has 0 radical (unpaired) electrons. The van der Waals surface area contributed by atoms with Gasteiger partial charge in [0, 0.05) is 59.0 Å². The topological polar surface area (TPSA) is 297 Å². The molecule has 10 amide bonds. The number of rotatable bonds is 12. The summed E-state index contributed by atoms with van der Waals surface area (Å²) in [5.41, 5.74) is -4.89. The molecular weight excluding hydrogens is 1610 g/mol. The number of imide groups is 1. The van der Waals surface area contributed by atoms with E-state index in [1.54, 1.807) is 38.3 Å². The van der Waals surface area contributed by atoms with Crippen LogP contribution >= 0.6 is 36.7 Å². The van der Waals surface area contributed by atoms with Gasteiger partial charge in [0.1, 0.15) is 75.6 Å². The number of carbonyl (C=O) groups is 9. The Hall–Kier alpha value is -13.9. The summed E-state index contributed by atoms with van der Waals surface area (Å²) < 4.78 is 169. The molecule has 8 aromatic rings. The number of halogens is 4. The van der Waals surface area contributed by atoms with Crippen molar-refractivity contribution in [2.24, 2.45) is 0 Å². The van der Waals surface area contributed by atoms with E-state index in [9.17, 15) is 56.3 Å². The molecule has 4 aromatic heterocycles. The van der Waals surface area contributed by atoms with E-state index in [1.807, 2.05) is 0 Å². The van der Waals surface area contributed by atoms with Crippen molar-refractivity contribution >= 4 is 174 Å². The minimum atomic E-state index is -2.91. The monoisotopic (exact) mass is 1690 g/mol. The van der Waals surface area contributed by atoms with Crippen LogP contribution in [0.4, 0.5) is 91.1 Å². The van der Waals surface area contributed by atoms with Crippen molar-refractivity contribution in [1.82, 2.24) is 41.2 Å². The number of pyridine rings is 4. The fourth-order valence-corrected chi connectivity index (χ4v) is 16.4. The Morgan fingerprint density at radius 2 is 0.658 bits per heavy atom. The number of benzene rings is 4. The molecule has 8 aliphatic rings. The molecule has 4 saturated heterocycles. The van der Waals surface area contributed by atoms with Crippen LogP contribution in [0.1, 0.15) is 160 Å². The molecule has 4 saturated carbocycles. The Balaban J connectivity index is 0.000000152. The van der Waals surface area contributed by atoms with E-state index in [1.165, 1.54) is 81.1 Å². The minimum Gasteiger partial charge on any atom is -0.360 e. The van der Waals surface area contributed by atoms with Gasteiger partial charge in [-0.3, -0.25) is 58.0 Å². The predicted octanol–water partition coefficient (Wildman–Crippen LogP) is 13.8. The van der Waals surface area contributed by atoms with Crippen LogP contribution in [-0.2, 0) is 19.2 Å². The highest BCUT2D eigenvalue weighted by atomic mass is 32.1. The molecule has 0 unspecified atom stereocenters. The summed E-state index contributed by atoms with van der Waals surface area (Å²) in [6.07, 6.45) is 4.37. The number of aromatic nitrogens is 4. The first kappa shape index (κ1) is 67.1. The van der Waals surface area contributed by atoms with Crippen molar-refractivity contribution in [1.29, 1.82) is 0 Å². The zero-order valence-corrected chi connectivity index (χ0v) is 66.4. The molecule has 4 N–H and O–H groups in total. The van der Waals surface area contributed by atoms with Crippen molar-refractivity contribution in [2.45, 2.75) is 127 Å². The number of nitrogens with zero attached hydrogens (tertiary/aromatic N) is 16. The predicted molar refractivity (Wildman–Crippen MR) is 449 cm³/mol. The molecule has 120 heavy (non-hydrogen) atoms. The third-order valence-electron chi connectivity index (χ3n) is 21.9. The van der Waals surface area contributed by atoms with Crippen LogP contribution in [0.25, 0.3) is 19.4 Å². The van der Waals surface area contributed by atoms with Crippen molar-refractivity contribution in [3.63, 3.8) is 0 Å². The van der Waals surface area contributed by atoms with Gasteiger partial charge in [0.2, 0.25) is 0 Å². The minimum absolute atomic E-state index is 0.00795. The van der Waals surface area contributed by atoms with E-state index in [-0.39, 0.29) is 139 Å². The van der Waals surface area contributed by atoms with Gasteiger partial charge in [0.15, 0.2) is 15.3 Å². The fourth-order valence-electron chi connectivity index (χ4n) is 15.0. The lowest BCUT2D eigenvalue weighted by atomic mass is 9.75. The van der Waals surface area contributed by atoms with Gasteiger partial charge in [-0.1, -0.05) is 26.3 Å². The highest BCUT2D eigenvalue weighted by Crippen LogP contribution is 2.53. The molecule has 0 bridgehead atoms. The van der Waals surface area contributed by atoms with Crippen LogP contribution in [0.5, 0.6) is 0 Å². The Labute approximate surface area is 721 Å². The van der Waals surface area contributed by atoms with Crippen molar-refractivity contribution < 1.29 is 79.9 Å². The number of nitrogens with one attached hydrogen (secondary N) is 4. The van der Waals surface area contributed by atoms with Crippen LogP contribution in [0.2, 0.25) is 0 Å². The molecular formula is C84H72F4N20O9S3. The van der Waals surface area contributed by atoms with Gasteiger partial charge in [-0.2, -0.15) is 0 Å². The summed E-state index contributed by atoms with van der Waals surface area (Å²) in [6.45, 7) is 29.4. The lowest BCUT2D eigenvalue weighted by Crippen LogP contribution is -2.55.